The van der Waals surface area contributed by atoms with Crippen LogP contribution in [0.1, 0.15) is 26.2 Å². The largest absolute Gasteiger partial charge is 0.351 e. The smallest absolute Gasteiger partial charge is 0.278 e. The van der Waals surface area contributed by atoms with Crippen molar-refractivity contribution >= 4 is 5.91 Å². The third-order valence-corrected chi connectivity index (χ3v) is 2.06. The number of hydrogen-bond acceptors (Lipinski definition) is 1. The second-order valence-corrected chi connectivity index (χ2v) is 3.06. The molecular weight excluding hydrogens is 140 g/mol. The molecule has 0 aromatic carbocycles. The fourth-order valence-electron chi connectivity index (χ4n) is 1.39. The number of quaternary nitrogens is 1. The lowest BCUT2D eigenvalue weighted by atomic mass is 10.2. The summed E-state index contributed by atoms with van der Waals surface area (Å²) < 4.78 is 0. The molecule has 11 heavy (non-hydrogen) atoms. The van der Waals surface area contributed by atoms with Crippen LogP contribution >= 0.6 is 0 Å². The highest BCUT2D eigenvalue weighted by molar-refractivity contribution is 5.80. The summed E-state index contributed by atoms with van der Waals surface area (Å²) in [5, 5.41) is 5.03. The Labute approximate surface area is 67.5 Å². The first-order valence-electron chi connectivity index (χ1n) is 4.45. The Morgan fingerprint density at radius 1 is 1.73 bits per heavy atom. The predicted octanol–water partition coefficient (Wildman–Crippen LogP) is -0.762. The molecule has 1 aliphatic rings. The quantitative estimate of drug-likeness (QED) is 0.555. The first kappa shape index (κ1) is 8.53. The van der Waals surface area contributed by atoms with E-state index in [1.807, 2.05) is 0 Å². The lowest BCUT2D eigenvalue weighted by Gasteiger charge is -2.06. The van der Waals surface area contributed by atoms with Crippen LogP contribution in [0.25, 0.3) is 0 Å². The second kappa shape index (κ2) is 4.34. The topological polar surface area (TPSA) is 45.7 Å². The van der Waals surface area contributed by atoms with E-state index in [9.17, 15) is 4.79 Å². The van der Waals surface area contributed by atoms with E-state index in [-0.39, 0.29) is 11.9 Å². The van der Waals surface area contributed by atoms with Gasteiger partial charge < -0.3 is 10.6 Å². The van der Waals surface area contributed by atoms with Crippen molar-refractivity contribution in [3.05, 3.63) is 0 Å². The molecule has 1 fully saturated rings. The number of hydrogen-bond donors (Lipinski definition) is 2. The molecule has 1 aliphatic heterocycles. The molecule has 3 nitrogen and oxygen atoms in total. The zero-order valence-electron chi connectivity index (χ0n) is 7.10. The molecule has 3 N–H and O–H groups in total. The first-order valence-corrected chi connectivity index (χ1v) is 4.45. The summed E-state index contributed by atoms with van der Waals surface area (Å²) in [5.41, 5.74) is 0. The average molecular weight is 157 g/mol. The van der Waals surface area contributed by atoms with Gasteiger partial charge in [-0.2, -0.15) is 0 Å². The summed E-state index contributed by atoms with van der Waals surface area (Å²) in [4.78, 5) is 11.3. The van der Waals surface area contributed by atoms with Gasteiger partial charge in [0.1, 0.15) is 0 Å². The molecule has 1 amide bonds. The van der Waals surface area contributed by atoms with Crippen LogP contribution in [0, 0.1) is 0 Å². The molecule has 0 spiro atoms. The molecule has 0 unspecified atom stereocenters. The van der Waals surface area contributed by atoms with Crippen LogP contribution in [0.2, 0.25) is 0 Å². The monoisotopic (exact) mass is 157 g/mol. The van der Waals surface area contributed by atoms with Gasteiger partial charge in [0.05, 0.1) is 6.54 Å². The Morgan fingerprint density at radius 2 is 2.55 bits per heavy atom. The van der Waals surface area contributed by atoms with Gasteiger partial charge >= 0.3 is 0 Å². The van der Waals surface area contributed by atoms with Crippen LogP contribution in [0.3, 0.4) is 0 Å². The van der Waals surface area contributed by atoms with Crippen LogP contribution in [-0.2, 0) is 4.79 Å². The molecule has 0 aliphatic carbocycles. The van der Waals surface area contributed by atoms with Crippen molar-refractivity contribution in [3.8, 4) is 0 Å². The zero-order chi connectivity index (χ0) is 8.10. The molecule has 0 bridgehead atoms. The number of nitrogens with one attached hydrogen (secondary N) is 1. The minimum absolute atomic E-state index is 0.210. The lowest BCUT2D eigenvalue weighted by molar-refractivity contribution is -0.657. The molecule has 1 rings (SSSR count). The molecule has 0 aromatic rings. The normalized spacial score (nSPS) is 23.5. The molecule has 1 atom stereocenters. The Balaban J connectivity index is 2.17. The highest BCUT2D eigenvalue weighted by atomic mass is 16.2. The summed E-state index contributed by atoms with van der Waals surface area (Å²) in [6.07, 6.45) is 3.26. The maximum absolute atomic E-state index is 11.3. The van der Waals surface area contributed by atoms with Crippen LogP contribution in [0.15, 0.2) is 0 Å². The van der Waals surface area contributed by atoms with Gasteiger partial charge in [0.15, 0.2) is 6.04 Å². The van der Waals surface area contributed by atoms with Gasteiger partial charge in [0, 0.05) is 19.4 Å². The summed E-state index contributed by atoms with van der Waals surface area (Å²) in [6.45, 7) is 4.01. The Morgan fingerprint density at radius 3 is 3.09 bits per heavy atom. The Kier molecular flexibility index (Phi) is 3.36. The molecule has 1 heterocycles. The summed E-state index contributed by atoms with van der Waals surface area (Å²) >= 11 is 0. The number of nitrogens with two attached hydrogens (primary N) is 1. The second-order valence-electron chi connectivity index (χ2n) is 3.06. The molecular formula is C8H17N2O+. The van der Waals surface area contributed by atoms with Crippen LogP contribution in [0.4, 0.5) is 0 Å². The van der Waals surface area contributed by atoms with E-state index < -0.39 is 0 Å². The molecule has 0 aromatic heterocycles. The van der Waals surface area contributed by atoms with Crippen molar-refractivity contribution in [1.82, 2.24) is 5.32 Å². The maximum Gasteiger partial charge on any atom is 0.278 e. The van der Waals surface area contributed by atoms with Gasteiger partial charge in [0.25, 0.3) is 5.91 Å². The fourth-order valence-corrected chi connectivity index (χ4v) is 1.39. The van der Waals surface area contributed by atoms with Crippen molar-refractivity contribution in [3.63, 3.8) is 0 Å². The fraction of sp³-hybridized carbons (Fsp3) is 0.875. The molecule has 64 valence electrons. The third kappa shape index (κ3) is 2.50. The number of carbonyl (C=O) groups excluding carboxylic acids is 1. The number of carbonyl (C=O) groups is 1. The number of rotatable bonds is 3. The van der Waals surface area contributed by atoms with Crippen molar-refractivity contribution in [2.24, 2.45) is 0 Å². The summed E-state index contributed by atoms with van der Waals surface area (Å²) in [5.74, 6) is 0.226. The Hall–Kier alpha value is -0.570. The van der Waals surface area contributed by atoms with Crippen LogP contribution in [-0.4, -0.2) is 25.0 Å². The van der Waals surface area contributed by atoms with E-state index in [0.717, 1.165) is 25.9 Å². The summed E-state index contributed by atoms with van der Waals surface area (Å²) in [6, 6.07) is 0.210. The maximum atomic E-state index is 11.3. The van der Waals surface area contributed by atoms with Crippen molar-refractivity contribution in [1.29, 1.82) is 0 Å². The molecule has 0 radical (unpaired) electrons. The summed E-state index contributed by atoms with van der Waals surface area (Å²) in [7, 11) is 0. The lowest BCUT2D eigenvalue weighted by Crippen LogP contribution is -2.89. The van der Waals surface area contributed by atoms with Crippen molar-refractivity contribution < 1.29 is 10.1 Å². The minimum Gasteiger partial charge on any atom is -0.351 e. The standard InChI is InChI=1S/C8H16N2O/c1-2-5-10-8(11)7-4-3-6-9-7/h7,9H,2-6H2,1H3,(H,10,11)/p+1/t7-/m0/s1. The molecule has 3 heteroatoms. The van der Waals surface area contributed by atoms with E-state index in [4.69, 9.17) is 0 Å². The predicted molar refractivity (Wildman–Crippen MR) is 43.1 cm³/mol. The average Bonchev–Trinajstić information content (AvgIpc) is 2.52. The highest BCUT2D eigenvalue weighted by Gasteiger charge is 2.25. The third-order valence-electron chi connectivity index (χ3n) is 2.06. The van der Waals surface area contributed by atoms with Gasteiger partial charge in [-0.15, -0.1) is 0 Å². The van der Waals surface area contributed by atoms with E-state index in [2.05, 4.69) is 17.6 Å². The minimum atomic E-state index is 0.210. The highest BCUT2D eigenvalue weighted by Crippen LogP contribution is 1.96. The Bertz CT molecular complexity index is 130. The van der Waals surface area contributed by atoms with Gasteiger partial charge in [-0.05, 0) is 6.42 Å². The van der Waals surface area contributed by atoms with Gasteiger partial charge in [-0.3, -0.25) is 4.79 Å². The van der Waals surface area contributed by atoms with E-state index >= 15 is 0 Å². The van der Waals surface area contributed by atoms with E-state index in [0.29, 0.717) is 0 Å². The molecule has 0 saturated carbocycles. The van der Waals surface area contributed by atoms with Crippen molar-refractivity contribution in [2.75, 3.05) is 13.1 Å². The SMILES string of the molecule is CCCNC(=O)[C@@H]1CCC[NH2+]1. The number of amides is 1. The van der Waals surface area contributed by atoms with Crippen molar-refractivity contribution in [2.45, 2.75) is 32.2 Å². The zero-order valence-corrected chi connectivity index (χ0v) is 7.10. The van der Waals surface area contributed by atoms with E-state index in [1.54, 1.807) is 0 Å². The van der Waals surface area contributed by atoms with E-state index in [1.165, 1.54) is 6.42 Å². The first-order chi connectivity index (χ1) is 5.34. The van der Waals surface area contributed by atoms with Crippen LogP contribution in [0.5, 0.6) is 0 Å². The van der Waals surface area contributed by atoms with Gasteiger partial charge in [-0.1, -0.05) is 6.92 Å². The van der Waals surface area contributed by atoms with Gasteiger partial charge in [0.2, 0.25) is 0 Å². The van der Waals surface area contributed by atoms with Gasteiger partial charge in [-0.25, -0.2) is 0 Å². The molecule has 1 saturated heterocycles. The van der Waals surface area contributed by atoms with Crippen LogP contribution < -0.4 is 10.6 Å².